The van der Waals surface area contributed by atoms with Crippen molar-refractivity contribution in [3.63, 3.8) is 0 Å². The second kappa shape index (κ2) is 7.82. The number of aliphatic hydroxyl groups excluding tert-OH is 1. The summed E-state index contributed by atoms with van der Waals surface area (Å²) in [4.78, 5) is 14.3. The van der Waals surface area contributed by atoms with E-state index in [1.54, 1.807) is 11.9 Å². The monoisotopic (exact) mass is 317 g/mol. The van der Waals surface area contributed by atoms with Gasteiger partial charge in [-0.15, -0.1) is 5.10 Å². The molecule has 0 aliphatic heterocycles. The minimum atomic E-state index is -0.173. The highest BCUT2D eigenvalue weighted by Crippen LogP contribution is 2.23. The Kier molecular flexibility index (Phi) is 5.81. The molecule has 7 nitrogen and oxygen atoms in total. The van der Waals surface area contributed by atoms with Crippen LogP contribution in [0, 0.1) is 0 Å². The molecule has 7 heteroatoms. The van der Waals surface area contributed by atoms with Crippen molar-refractivity contribution >= 4 is 5.91 Å². The number of hydrogen-bond acceptors (Lipinski definition) is 5. The fourth-order valence-corrected chi connectivity index (χ4v) is 2.53. The number of nitrogens with zero attached hydrogens (tertiary/aromatic N) is 5. The molecule has 0 bridgehead atoms. The van der Waals surface area contributed by atoms with Crippen LogP contribution in [0.2, 0.25) is 0 Å². The van der Waals surface area contributed by atoms with Gasteiger partial charge in [-0.3, -0.25) is 4.79 Å². The number of carbonyl (C=O) groups is 1. The lowest BCUT2D eigenvalue weighted by Gasteiger charge is -2.28. The summed E-state index contributed by atoms with van der Waals surface area (Å²) >= 11 is 0. The maximum absolute atomic E-state index is 12.6. The van der Waals surface area contributed by atoms with Gasteiger partial charge in [0.2, 0.25) is 5.91 Å². The molecule has 0 aliphatic carbocycles. The molecule has 0 fully saturated rings. The molecule has 1 unspecified atom stereocenters. The van der Waals surface area contributed by atoms with Gasteiger partial charge in [0.15, 0.2) is 5.82 Å². The van der Waals surface area contributed by atoms with Gasteiger partial charge in [0, 0.05) is 19.6 Å². The highest BCUT2D eigenvalue weighted by molar-refractivity contribution is 5.76. The van der Waals surface area contributed by atoms with Crippen LogP contribution in [0.4, 0.5) is 0 Å². The number of hydrogen-bond donors (Lipinski definition) is 1. The van der Waals surface area contributed by atoms with Crippen LogP contribution in [0.25, 0.3) is 0 Å². The Balaban J connectivity index is 2.14. The van der Waals surface area contributed by atoms with Crippen molar-refractivity contribution in [3.05, 3.63) is 41.7 Å². The van der Waals surface area contributed by atoms with E-state index in [2.05, 4.69) is 15.5 Å². The van der Waals surface area contributed by atoms with E-state index in [0.29, 0.717) is 12.2 Å². The molecule has 23 heavy (non-hydrogen) atoms. The third-order valence-corrected chi connectivity index (χ3v) is 3.81. The maximum atomic E-state index is 12.6. The fourth-order valence-electron chi connectivity index (χ4n) is 2.53. The first-order chi connectivity index (χ1) is 11.0. The van der Waals surface area contributed by atoms with Crippen molar-refractivity contribution in [2.45, 2.75) is 38.8 Å². The average molecular weight is 317 g/mol. The van der Waals surface area contributed by atoms with Crippen molar-refractivity contribution in [2.24, 2.45) is 0 Å². The van der Waals surface area contributed by atoms with E-state index in [4.69, 9.17) is 0 Å². The Morgan fingerprint density at radius 2 is 2.00 bits per heavy atom. The highest BCUT2D eigenvalue weighted by atomic mass is 16.3. The summed E-state index contributed by atoms with van der Waals surface area (Å²) in [7, 11) is 1.75. The number of carbonyl (C=O) groups excluding carboxylic acids is 1. The number of rotatable bonds is 7. The van der Waals surface area contributed by atoms with Crippen molar-refractivity contribution in [1.29, 1.82) is 0 Å². The molecular weight excluding hydrogens is 294 g/mol. The Morgan fingerprint density at radius 1 is 1.30 bits per heavy atom. The van der Waals surface area contributed by atoms with Gasteiger partial charge in [0.1, 0.15) is 6.54 Å². The largest absolute Gasteiger partial charge is 0.396 e. The van der Waals surface area contributed by atoms with Crippen molar-refractivity contribution in [2.75, 3.05) is 13.7 Å². The van der Waals surface area contributed by atoms with Crippen LogP contribution in [-0.2, 0) is 11.3 Å². The lowest BCUT2D eigenvalue weighted by Crippen LogP contribution is -2.35. The lowest BCUT2D eigenvalue weighted by molar-refractivity contribution is -0.133. The summed E-state index contributed by atoms with van der Waals surface area (Å²) in [6.07, 6.45) is 0.485. The van der Waals surface area contributed by atoms with E-state index >= 15 is 0 Å². The standard InChI is InChI=1S/C16H23N5O2/c1-12(2)16-17-18-19-21(16)11-15(23)20(3)14(9-10-22)13-7-5-4-6-8-13/h4-8,12,14,22H,9-11H2,1-3H3. The van der Waals surface area contributed by atoms with Crippen LogP contribution in [0.3, 0.4) is 0 Å². The van der Waals surface area contributed by atoms with E-state index in [1.807, 2.05) is 44.2 Å². The fraction of sp³-hybridized carbons (Fsp3) is 0.500. The topological polar surface area (TPSA) is 84.1 Å². The first kappa shape index (κ1) is 17.1. The molecule has 1 atom stereocenters. The van der Waals surface area contributed by atoms with Crippen LogP contribution >= 0.6 is 0 Å². The molecule has 0 spiro atoms. The highest BCUT2D eigenvalue weighted by Gasteiger charge is 2.23. The third kappa shape index (κ3) is 4.13. The van der Waals surface area contributed by atoms with Crippen molar-refractivity contribution in [3.8, 4) is 0 Å². The summed E-state index contributed by atoms with van der Waals surface area (Å²) in [5.41, 5.74) is 0.998. The number of benzene rings is 1. The summed E-state index contributed by atoms with van der Waals surface area (Å²) in [6.45, 7) is 4.06. The Labute approximate surface area is 135 Å². The van der Waals surface area contributed by atoms with Gasteiger partial charge < -0.3 is 10.0 Å². The van der Waals surface area contributed by atoms with Gasteiger partial charge in [-0.05, 0) is 22.4 Å². The quantitative estimate of drug-likeness (QED) is 0.834. The average Bonchev–Trinajstić information content (AvgIpc) is 3.01. The molecule has 1 aromatic carbocycles. The molecule has 0 aliphatic rings. The molecule has 0 radical (unpaired) electrons. The Bertz CT molecular complexity index is 626. The van der Waals surface area contributed by atoms with E-state index in [9.17, 15) is 9.90 Å². The predicted octanol–water partition coefficient (Wildman–Crippen LogP) is 1.38. The molecular formula is C16H23N5O2. The zero-order valence-corrected chi connectivity index (χ0v) is 13.8. The number of likely N-dealkylation sites (N-methyl/N-ethyl adjacent to an activating group) is 1. The second-order valence-corrected chi connectivity index (χ2v) is 5.79. The minimum absolute atomic E-state index is 0.0132. The Hall–Kier alpha value is -2.28. The van der Waals surface area contributed by atoms with Gasteiger partial charge >= 0.3 is 0 Å². The van der Waals surface area contributed by atoms with Crippen LogP contribution in [0.15, 0.2) is 30.3 Å². The number of tetrazole rings is 1. The molecule has 1 heterocycles. The smallest absolute Gasteiger partial charge is 0.244 e. The van der Waals surface area contributed by atoms with Gasteiger partial charge in [-0.2, -0.15) is 0 Å². The van der Waals surface area contributed by atoms with Gasteiger partial charge in [0.05, 0.1) is 6.04 Å². The van der Waals surface area contributed by atoms with Crippen LogP contribution in [-0.4, -0.2) is 49.8 Å². The third-order valence-electron chi connectivity index (χ3n) is 3.81. The van der Waals surface area contributed by atoms with Gasteiger partial charge in [-0.1, -0.05) is 44.2 Å². The van der Waals surface area contributed by atoms with Crippen LogP contribution in [0.5, 0.6) is 0 Å². The van der Waals surface area contributed by atoms with E-state index in [0.717, 1.165) is 5.56 Å². The molecule has 0 saturated heterocycles. The molecule has 1 N–H and O–H groups in total. The second-order valence-electron chi connectivity index (χ2n) is 5.79. The molecule has 2 rings (SSSR count). The summed E-state index contributed by atoms with van der Waals surface area (Å²) in [5.74, 6) is 0.733. The molecule has 2 aromatic rings. The zero-order chi connectivity index (χ0) is 16.8. The Morgan fingerprint density at radius 3 is 2.61 bits per heavy atom. The summed E-state index contributed by atoms with van der Waals surface area (Å²) < 4.78 is 1.53. The van der Waals surface area contributed by atoms with Crippen LogP contribution in [0.1, 0.15) is 43.6 Å². The first-order valence-electron chi connectivity index (χ1n) is 7.72. The van der Waals surface area contributed by atoms with E-state index in [1.165, 1.54) is 4.68 Å². The predicted molar refractivity (Wildman–Crippen MR) is 85.6 cm³/mol. The summed E-state index contributed by atoms with van der Waals surface area (Å²) in [5, 5.41) is 20.8. The van der Waals surface area contributed by atoms with Crippen molar-refractivity contribution < 1.29 is 9.90 Å². The van der Waals surface area contributed by atoms with Crippen molar-refractivity contribution in [1.82, 2.24) is 25.1 Å². The summed E-state index contributed by atoms with van der Waals surface area (Å²) in [6, 6.07) is 9.53. The number of aromatic nitrogens is 4. The molecule has 1 aromatic heterocycles. The van der Waals surface area contributed by atoms with Crippen LogP contribution < -0.4 is 0 Å². The lowest BCUT2D eigenvalue weighted by atomic mass is 10.0. The maximum Gasteiger partial charge on any atom is 0.244 e. The molecule has 1 amide bonds. The molecule has 0 saturated carbocycles. The van der Waals surface area contributed by atoms with E-state index < -0.39 is 0 Å². The van der Waals surface area contributed by atoms with Gasteiger partial charge in [-0.25, -0.2) is 4.68 Å². The SMILES string of the molecule is CC(C)c1nnnn1CC(=O)N(C)C(CCO)c1ccccc1. The van der Waals surface area contributed by atoms with E-state index in [-0.39, 0.29) is 31.0 Å². The zero-order valence-electron chi connectivity index (χ0n) is 13.8. The first-order valence-corrected chi connectivity index (χ1v) is 7.72. The number of amides is 1. The molecule has 124 valence electrons. The minimum Gasteiger partial charge on any atom is -0.396 e. The normalized spacial score (nSPS) is 12.4. The van der Waals surface area contributed by atoms with Gasteiger partial charge in [0.25, 0.3) is 0 Å². The number of aliphatic hydroxyl groups is 1.